The van der Waals surface area contributed by atoms with Crippen molar-refractivity contribution in [2.75, 3.05) is 0 Å². The molecule has 2 aliphatic carbocycles. The Morgan fingerprint density at radius 3 is 2.02 bits per heavy atom. The summed E-state index contributed by atoms with van der Waals surface area (Å²) in [6.07, 6.45) is 10.6. The first kappa shape index (κ1) is 28.6. The molecule has 0 spiro atoms. The van der Waals surface area contributed by atoms with E-state index in [0.29, 0.717) is 6.54 Å². The number of aliphatic imine (C=N–C) groups is 1. The normalized spacial score (nSPS) is 15.4. The Labute approximate surface area is 267 Å². The van der Waals surface area contributed by atoms with E-state index in [9.17, 15) is 0 Å². The average Bonchev–Trinajstić information content (AvgIpc) is 3.33. The monoisotopic (exact) mass is 582 g/mol. The van der Waals surface area contributed by atoms with Gasteiger partial charge in [-0.25, -0.2) is 0 Å². The molecule has 2 nitrogen and oxygen atoms in total. The van der Waals surface area contributed by atoms with Gasteiger partial charge >= 0.3 is 0 Å². The highest BCUT2D eigenvalue weighted by Crippen LogP contribution is 2.49. The summed E-state index contributed by atoms with van der Waals surface area (Å²) in [4.78, 5) is 5.00. The largest absolute Gasteiger partial charge is 0.398 e. The molecule has 0 fully saturated rings. The van der Waals surface area contributed by atoms with Crippen LogP contribution in [-0.4, -0.2) is 5.71 Å². The summed E-state index contributed by atoms with van der Waals surface area (Å²) in [5, 5.41) is 0. The van der Waals surface area contributed by atoms with E-state index in [0.717, 1.165) is 35.4 Å². The maximum Gasteiger partial charge on any atom is 0.0671 e. The molecule has 0 aliphatic heterocycles. The minimum Gasteiger partial charge on any atom is -0.398 e. The van der Waals surface area contributed by atoms with E-state index in [2.05, 4.69) is 147 Å². The van der Waals surface area contributed by atoms with Gasteiger partial charge in [0.05, 0.1) is 12.3 Å². The molecule has 0 aromatic heterocycles. The number of nitrogens with zero attached hydrogens (tertiary/aromatic N) is 1. The first-order chi connectivity index (χ1) is 22.0. The molecule has 0 saturated heterocycles. The number of fused-ring (bicyclic) bond motifs is 3. The van der Waals surface area contributed by atoms with Crippen LogP contribution in [0.25, 0.3) is 33.4 Å². The molecule has 5 aromatic carbocycles. The molecule has 0 radical (unpaired) electrons. The highest BCUT2D eigenvalue weighted by atomic mass is 14.7. The van der Waals surface area contributed by atoms with Crippen molar-refractivity contribution in [2.24, 2.45) is 10.7 Å². The van der Waals surface area contributed by atoms with Gasteiger partial charge in [0.2, 0.25) is 0 Å². The number of nitrogens with two attached hydrogens (primary N) is 1. The first-order valence-corrected chi connectivity index (χ1v) is 15.9. The minimum absolute atomic E-state index is 0.0261. The number of allylic oxidation sites excluding steroid dienone is 4. The molecule has 2 N–H and O–H groups in total. The molecular formula is C43H38N2. The number of hydrogen-bond acceptors (Lipinski definition) is 2. The Bertz CT molecular complexity index is 1970. The average molecular weight is 583 g/mol. The number of hydrogen-bond donors (Lipinski definition) is 1. The number of benzene rings is 5. The Balaban J connectivity index is 1.15. The zero-order valence-electron chi connectivity index (χ0n) is 26.0. The molecule has 5 aromatic rings. The zero-order chi connectivity index (χ0) is 30.8. The van der Waals surface area contributed by atoms with Gasteiger partial charge in [-0.1, -0.05) is 147 Å². The molecular weight excluding hydrogens is 544 g/mol. The summed E-state index contributed by atoms with van der Waals surface area (Å²) in [5.41, 5.74) is 21.9. The van der Waals surface area contributed by atoms with Crippen LogP contribution in [0, 0.1) is 0 Å². The molecule has 0 heterocycles. The molecule has 220 valence electrons. The fourth-order valence-corrected chi connectivity index (χ4v) is 6.63. The predicted octanol–water partition coefficient (Wildman–Crippen LogP) is 10.4. The van der Waals surface area contributed by atoms with Gasteiger partial charge in [-0.3, -0.25) is 4.99 Å². The van der Waals surface area contributed by atoms with Gasteiger partial charge in [0.1, 0.15) is 0 Å². The molecule has 2 heteroatoms. The summed E-state index contributed by atoms with van der Waals surface area (Å²) in [6.45, 7) is 5.25. The minimum atomic E-state index is 0.0261. The maximum absolute atomic E-state index is 6.57. The van der Waals surface area contributed by atoms with Gasteiger partial charge in [-0.2, -0.15) is 0 Å². The lowest BCUT2D eigenvalue weighted by Gasteiger charge is -2.21. The topological polar surface area (TPSA) is 38.4 Å². The Morgan fingerprint density at radius 1 is 0.689 bits per heavy atom. The zero-order valence-corrected chi connectivity index (χ0v) is 26.0. The highest BCUT2D eigenvalue weighted by molar-refractivity contribution is 6.09. The fraction of sp³-hybridized carbons (Fsp3) is 0.140. The van der Waals surface area contributed by atoms with Gasteiger partial charge in [0.15, 0.2) is 0 Å². The molecule has 2 aliphatic rings. The quantitative estimate of drug-likeness (QED) is 0.191. The summed E-state index contributed by atoms with van der Waals surface area (Å²) >= 11 is 0. The molecule has 7 rings (SSSR count). The van der Waals surface area contributed by atoms with Crippen molar-refractivity contribution >= 4 is 5.71 Å². The van der Waals surface area contributed by atoms with Crippen molar-refractivity contribution in [1.29, 1.82) is 0 Å². The highest BCUT2D eigenvalue weighted by Gasteiger charge is 2.35. The van der Waals surface area contributed by atoms with E-state index >= 15 is 0 Å². The van der Waals surface area contributed by atoms with Crippen LogP contribution >= 0.6 is 0 Å². The lowest BCUT2D eigenvalue weighted by molar-refractivity contribution is 0.660. The molecule has 45 heavy (non-hydrogen) atoms. The van der Waals surface area contributed by atoms with E-state index in [1.54, 1.807) is 0 Å². The van der Waals surface area contributed by atoms with Crippen molar-refractivity contribution in [3.05, 3.63) is 179 Å². The van der Waals surface area contributed by atoms with Gasteiger partial charge in [-0.05, 0) is 86.2 Å². The second kappa shape index (κ2) is 12.1. The van der Waals surface area contributed by atoms with Crippen LogP contribution in [0.2, 0.25) is 0 Å². The van der Waals surface area contributed by atoms with Crippen LogP contribution in [0.1, 0.15) is 48.9 Å². The van der Waals surface area contributed by atoms with Crippen LogP contribution in [-0.2, 0) is 12.0 Å². The predicted molar refractivity (Wildman–Crippen MR) is 190 cm³/mol. The Morgan fingerprint density at radius 2 is 1.31 bits per heavy atom. The van der Waals surface area contributed by atoms with Crippen LogP contribution in [0.4, 0.5) is 0 Å². The van der Waals surface area contributed by atoms with E-state index in [4.69, 9.17) is 10.7 Å². The van der Waals surface area contributed by atoms with Crippen molar-refractivity contribution in [1.82, 2.24) is 0 Å². The van der Waals surface area contributed by atoms with Crippen molar-refractivity contribution < 1.29 is 0 Å². The van der Waals surface area contributed by atoms with Gasteiger partial charge in [0.25, 0.3) is 0 Å². The third kappa shape index (κ3) is 5.72. The third-order valence-electron chi connectivity index (χ3n) is 9.21. The van der Waals surface area contributed by atoms with E-state index < -0.39 is 0 Å². The van der Waals surface area contributed by atoms with E-state index in [1.165, 1.54) is 50.1 Å². The van der Waals surface area contributed by atoms with Crippen LogP contribution in [0.15, 0.2) is 162 Å². The van der Waals surface area contributed by atoms with E-state index in [1.807, 2.05) is 12.1 Å². The second-order valence-electron chi connectivity index (χ2n) is 12.5. The van der Waals surface area contributed by atoms with E-state index in [-0.39, 0.29) is 5.41 Å². The van der Waals surface area contributed by atoms with Crippen LogP contribution < -0.4 is 5.73 Å². The van der Waals surface area contributed by atoms with Crippen LogP contribution in [0.3, 0.4) is 0 Å². The number of rotatable bonds is 7. The Kier molecular flexibility index (Phi) is 7.65. The summed E-state index contributed by atoms with van der Waals surface area (Å²) in [7, 11) is 0. The first-order valence-electron chi connectivity index (χ1n) is 15.9. The molecule has 0 saturated carbocycles. The summed E-state index contributed by atoms with van der Waals surface area (Å²) in [6, 6.07) is 43.7. The SMILES string of the molecule is CC1(C)c2ccccc2-c2cc(-c3ccc(-c4ccc(C(/C=C(\N)C5=CCCC=C5)=NCc5ccccc5)cc4)cc3)ccc21. The lowest BCUT2D eigenvalue weighted by Crippen LogP contribution is -2.14. The molecule has 0 bridgehead atoms. The van der Waals surface area contributed by atoms with Crippen molar-refractivity contribution in [2.45, 2.75) is 38.6 Å². The third-order valence-corrected chi connectivity index (χ3v) is 9.21. The standard InChI is InChI=1S/C43H38N2/c1-43(2)39-16-10-9-15-37(39)38-27-36(25-26-40(38)43)33-19-17-31(18-20-33)32-21-23-35(24-22-32)42(45-29-30-11-5-3-6-12-30)28-41(44)34-13-7-4-8-14-34/h3,5-7,9-28H,4,8,29,44H2,1-2H3/b41-28-,45-42?. The molecule has 0 unspecified atom stereocenters. The second-order valence-corrected chi connectivity index (χ2v) is 12.5. The smallest absolute Gasteiger partial charge is 0.0671 e. The summed E-state index contributed by atoms with van der Waals surface area (Å²) in [5.74, 6) is 0. The molecule has 0 amide bonds. The maximum atomic E-state index is 6.57. The van der Waals surface area contributed by atoms with Gasteiger partial charge in [-0.15, -0.1) is 0 Å². The Hall–Kier alpha value is -5.21. The van der Waals surface area contributed by atoms with Gasteiger partial charge < -0.3 is 5.73 Å². The summed E-state index contributed by atoms with van der Waals surface area (Å²) < 4.78 is 0. The molecule has 0 atom stereocenters. The van der Waals surface area contributed by atoms with Gasteiger partial charge in [0, 0.05) is 11.1 Å². The van der Waals surface area contributed by atoms with Crippen molar-refractivity contribution in [3.8, 4) is 33.4 Å². The van der Waals surface area contributed by atoms with Crippen LogP contribution in [0.5, 0.6) is 0 Å². The fourth-order valence-electron chi connectivity index (χ4n) is 6.63. The lowest BCUT2D eigenvalue weighted by atomic mass is 9.82. The van der Waals surface area contributed by atoms with Crippen molar-refractivity contribution in [3.63, 3.8) is 0 Å².